The van der Waals surface area contributed by atoms with Crippen LogP contribution in [0.1, 0.15) is 87.3 Å². The van der Waals surface area contributed by atoms with Crippen molar-refractivity contribution in [2.24, 2.45) is 10.2 Å². The highest BCUT2D eigenvalue weighted by atomic mass is 32.9. The van der Waals surface area contributed by atoms with E-state index in [-0.39, 0.29) is 18.0 Å². The molecule has 2 heterocycles. The summed E-state index contributed by atoms with van der Waals surface area (Å²) in [4.78, 5) is 46.2. The summed E-state index contributed by atoms with van der Waals surface area (Å²) in [6.07, 6.45) is 5.46. The van der Waals surface area contributed by atoms with Crippen molar-refractivity contribution < 1.29 is 48.0 Å². The number of hydrogen-bond donors (Lipinski definition) is 4. The molecule has 0 bridgehead atoms. The van der Waals surface area contributed by atoms with Crippen LogP contribution in [0.5, 0.6) is 11.5 Å². The quantitative estimate of drug-likeness (QED) is 0.0154. The Bertz CT molecular complexity index is 3210. The summed E-state index contributed by atoms with van der Waals surface area (Å²) in [5.74, 6) is -0.0982. The van der Waals surface area contributed by atoms with E-state index in [4.69, 9.17) is 50.1 Å². The number of nitrogens with two attached hydrogens (primary N) is 2. The van der Waals surface area contributed by atoms with Gasteiger partial charge in [0.05, 0.1) is 11.4 Å². The molecule has 15 nitrogen and oxygen atoms in total. The number of amides is 1. The minimum absolute atomic E-state index is 0.0375. The normalized spacial score (nSPS) is 11.0. The Morgan fingerprint density at radius 2 is 0.962 bits per heavy atom. The third-order valence-electron chi connectivity index (χ3n) is 8.83. The van der Waals surface area contributed by atoms with Crippen molar-refractivity contribution in [2.75, 3.05) is 16.8 Å². The van der Waals surface area contributed by atoms with Crippen molar-refractivity contribution in [3.05, 3.63) is 158 Å². The number of rotatable bonds is 9. The molecule has 7 rings (SSSR count). The Hall–Kier alpha value is -7.40. The number of ether oxygens (including phenoxy) is 5. The Labute approximate surface area is 486 Å². The van der Waals surface area contributed by atoms with Crippen LogP contribution in [0.3, 0.4) is 0 Å². The molecule has 79 heavy (non-hydrogen) atoms. The highest BCUT2D eigenvalue weighted by Gasteiger charge is 2.24. The van der Waals surface area contributed by atoms with Gasteiger partial charge in [-0.2, -0.15) is 10.2 Å². The molecule has 0 radical (unpaired) electrons. The Morgan fingerprint density at radius 3 is 1.37 bits per heavy atom. The van der Waals surface area contributed by atoms with E-state index in [2.05, 4.69) is 25.0 Å². The first-order valence-corrected chi connectivity index (χ1v) is 29.1. The summed E-state index contributed by atoms with van der Waals surface area (Å²) in [6, 6.07) is 39.2. The average molecular weight is 1180 g/mol. The SMILES string of the molecule is C/C=C/c1ccc(N)cc1.C/C=C/c1ccc(NC(=O)OC(C)(C)C)cc1.CC(C)(C)OC(=O)OC(=O)OC(C)(C)C.Nc1ccc(-c2cc(=S)ss2)cc1.O=COc1cc(N=Nc2ccc(-c3cc(=S)ss3)cc2)ccc1O. The van der Waals surface area contributed by atoms with Gasteiger partial charge in [-0.15, -0.1) is 0 Å². The van der Waals surface area contributed by atoms with Crippen LogP contribution in [0.2, 0.25) is 0 Å². The van der Waals surface area contributed by atoms with Crippen molar-refractivity contribution in [1.29, 1.82) is 0 Å². The fourth-order valence-corrected chi connectivity index (χ4v) is 10.4. The number of aromatic hydroxyl groups is 1. The summed E-state index contributed by atoms with van der Waals surface area (Å²) in [7, 11) is 6.55. The van der Waals surface area contributed by atoms with Gasteiger partial charge in [0.2, 0.25) is 0 Å². The largest absolute Gasteiger partial charge is 0.519 e. The number of hydrogen-bond acceptors (Lipinski definition) is 20. The second kappa shape index (κ2) is 32.5. The summed E-state index contributed by atoms with van der Waals surface area (Å²) in [5, 5.41) is 20.4. The lowest BCUT2D eigenvalue weighted by Crippen LogP contribution is -2.29. The first-order valence-electron chi connectivity index (χ1n) is 24.0. The molecule has 1 amide bonds. The average Bonchev–Trinajstić information content (AvgIpc) is 4.01. The van der Waals surface area contributed by atoms with Gasteiger partial charge in [0.15, 0.2) is 11.5 Å². The number of phenols is 1. The topological polar surface area (TPSA) is 223 Å². The molecule has 7 aromatic rings. The predicted octanol–water partition coefficient (Wildman–Crippen LogP) is 18.9. The van der Waals surface area contributed by atoms with Crippen molar-refractivity contribution in [2.45, 2.75) is 93.0 Å². The van der Waals surface area contributed by atoms with E-state index in [0.29, 0.717) is 11.4 Å². The van der Waals surface area contributed by atoms with Crippen LogP contribution < -0.4 is 21.5 Å². The zero-order chi connectivity index (χ0) is 58.8. The Morgan fingerprint density at radius 1 is 0.557 bits per heavy atom. The number of nitrogen functional groups attached to an aromatic ring is 2. The van der Waals surface area contributed by atoms with E-state index in [1.807, 2.05) is 168 Å². The molecule has 0 aliphatic carbocycles. The van der Waals surface area contributed by atoms with Crippen LogP contribution in [-0.2, 0) is 23.7 Å². The number of anilines is 3. The number of nitrogens with zero attached hydrogens (tertiary/aromatic N) is 2. The molecule has 0 fully saturated rings. The number of carbonyl (C=O) groups excluding carboxylic acids is 4. The number of carbonyl (C=O) groups is 4. The molecule has 21 heteroatoms. The van der Waals surface area contributed by atoms with Crippen LogP contribution in [0.4, 0.5) is 42.8 Å². The second-order valence-electron chi connectivity index (χ2n) is 19.2. The summed E-state index contributed by atoms with van der Waals surface area (Å²) in [5.41, 5.74) is 17.3. The number of phenolic OH excluding ortho intramolecular Hbond substituents is 1. The van der Waals surface area contributed by atoms with Crippen LogP contribution in [-0.4, -0.2) is 46.8 Å². The van der Waals surface area contributed by atoms with E-state index < -0.39 is 35.2 Å². The first kappa shape index (κ1) is 65.9. The second-order valence-corrected chi connectivity index (χ2v) is 25.0. The summed E-state index contributed by atoms with van der Waals surface area (Å²) < 4.78 is 25.4. The van der Waals surface area contributed by atoms with E-state index in [0.717, 1.165) is 40.7 Å². The molecular formula is C58H65N5O10S6. The van der Waals surface area contributed by atoms with E-state index in [9.17, 15) is 24.3 Å². The van der Waals surface area contributed by atoms with Gasteiger partial charge in [-0.25, -0.2) is 14.4 Å². The van der Waals surface area contributed by atoms with Crippen LogP contribution >= 0.6 is 65.8 Å². The van der Waals surface area contributed by atoms with Crippen molar-refractivity contribution in [3.8, 4) is 32.4 Å². The summed E-state index contributed by atoms with van der Waals surface area (Å²) >= 11 is 10.2. The molecule has 0 spiro atoms. The van der Waals surface area contributed by atoms with Crippen molar-refractivity contribution >= 4 is 131 Å². The molecule has 418 valence electrons. The van der Waals surface area contributed by atoms with E-state index >= 15 is 0 Å². The molecule has 0 atom stereocenters. The molecular weight excluding hydrogens is 1120 g/mol. The number of azo groups is 1. The highest BCUT2D eigenvalue weighted by molar-refractivity contribution is 7.80. The lowest BCUT2D eigenvalue weighted by molar-refractivity contribution is -0.120. The lowest BCUT2D eigenvalue weighted by atomic mass is 10.2. The van der Waals surface area contributed by atoms with Gasteiger partial charge in [-0.3, -0.25) is 10.1 Å². The smallest absolute Gasteiger partial charge is 0.504 e. The maximum atomic E-state index is 11.5. The van der Waals surface area contributed by atoms with Gasteiger partial charge >= 0.3 is 18.4 Å². The zero-order valence-corrected chi connectivity index (χ0v) is 50.5. The van der Waals surface area contributed by atoms with Gasteiger partial charge in [-0.05, 0) is 171 Å². The van der Waals surface area contributed by atoms with Gasteiger partial charge in [0, 0.05) is 32.9 Å². The third kappa shape index (κ3) is 28.2. The predicted molar refractivity (Wildman–Crippen MR) is 330 cm³/mol. The standard InChI is InChI=1S/C16H10N2O3S3.C14H19NO2.C10H18O5.C9H7NS3.C9H11N/c19-9-21-14-7-12(5-6-13(14)20)18-17-11-3-1-10(2-4-11)15-8-16(22)24-23-15;1-5-6-11-7-9-12(10-8-11)15-13(16)17-14(2,3)4;1-9(2,3)14-7(11)13-8(12)15-10(4,5)6;10-7-3-1-6(2-4-7)8-5-9(11)13-12-8;1-2-3-8-4-6-9(10)7-5-8/h1-9,20H;5-10H,1-4H3,(H,15,16);1-6H3;1-5H,10H2;2-7H,10H2,1H3/b;6-5+;;;3-2+. The number of benzene rings is 5. The van der Waals surface area contributed by atoms with E-state index in [1.165, 1.54) is 28.1 Å². The molecule has 6 N–H and O–H groups in total. The van der Waals surface area contributed by atoms with Crippen molar-refractivity contribution in [1.82, 2.24) is 0 Å². The molecule has 0 saturated heterocycles. The van der Waals surface area contributed by atoms with Crippen LogP contribution in [0, 0.1) is 7.65 Å². The van der Waals surface area contributed by atoms with Gasteiger partial charge < -0.3 is 40.3 Å². The molecule has 0 saturated carbocycles. The molecule has 0 aliphatic rings. The molecule has 5 aromatic carbocycles. The first-order chi connectivity index (χ1) is 37.1. The maximum Gasteiger partial charge on any atom is 0.519 e. The fraction of sp³-hybridized carbons (Fsp3) is 0.241. The molecule has 2 aromatic heterocycles. The van der Waals surface area contributed by atoms with Gasteiger partial charge in [0.1, 0.15) is 24.5 Å². The minimum atomic E-state index is -1.06. The fourth-order valence-electron chi connectivity index (χ4n) is 5.61. The zero-order valence-electron chi connectivity index (χ0n) is 45.6. The van der Waals surface area contributed by atoms with Gasteiger partial charge in [0.25, 0.3) is 6.47 Å². The number of allylic oxidation sites excluding steroid dienone is 2. The Kier molecular flexibility index (Phi) is 27.1. The summed E-state index contributed by atoms with van der Waals surface area (Å²) in [6.45, 7) is 19.7. The monoisotopic (exact) mass is 1180 g/mol. The minimum Gasteiger partial charge on any atom is -0.504 e. The maximum absolute atomic E-state index is 11.5. The molecule has 0 unspecified atom stereocenters. The van der Waals surface area contributed by atoms with Crippen molar-refractivity contribution in [3.63, 3.8) is 0 Å². The van der Waals surface area contributed by atoms with Gasteiger partial charge in [-0.1, -0.05) is 139 Å². The number of nitrogens with one attached hydrogen (secondary N) is 1. The Balaban J connectivity index is 0.000000268. The highest BCUT2D eigenvalue weighted by Crippen LogP contribution is 2.33. The lowest BCUT2D eigenvalue weighted by Gasteiger charge is -2.20. The van der Waals surface area contributed by atoms with E-state index in [1.54, 1.807) is 89.0 Å². The third-order valence-corrected chi connectivity index (χ3v) is 14.6. The van der Waals surface area contributed by atoms with Crippen LogP contribution in [0.25, 0.3) is 33.0 Å². The molecule has 0 aliphatic heterocycles. The van der Waals surface area contributed by atoms with Crippen LogP contribution in [0.15, 0.2) is 150 Å².